The molecule has 1 heteroatoms. The molecule has 0 aliphatic heterocycles. The maximum absolute atomic E-state index is 5.89. The largest absolute Gasteiger partial charge is 0.330 e. The minimum atomic E-state index is 0.566. The summed E-state index contributed by atoms with van der Waals surface area (Å²) in [6.07, 6.45) is 8.55. The van der Waals surface area contributed by atoms with E-state index in [0.717, 1.165) is 12.5 Å². The number of nitrogens with two attached hydrogens (primary N) is 1. The van der Waals surface area contributed by atoms with Crippen LogP contribution in [0.15, 0.2) is 0 Å². The first-order chi connectivity index (χ1) is 6.13. The standard InChI is InChI=1S/C12H23N/c1-10(2)12-6-3-11(9-13,4-7-12)5-8-12/h10H,3-9,13H2,1-2H3. The third-order valence-corrected chi connectivity index (χ3v) is 5.12. The van der Waals surface area contributed by atoms with Crippen LogP contribution < -0.4 is 5.73 Å². The maximum Gasteiger partial charge on any atom is -0.00205 e. The molecule has 0 unspecified atom stereocenters. The molecular formula is C12H23N. The van der Waals surface area contributed by atoms with Crippen molar-refractivity contribution in [1.29, 1.82) is 0 Å². The average Bonchev–Trinajstić information content (AvgIpc) is 2.20. The first kappa shape index (κ1) is 9.51. The first-order valence-electron chi connectivity index (χ1n) is 5.83. The van der Waals surface area contributed by atoms with Gasteiger partial charge in [-0.3, -0.25) is 0 Å². The predicted octanol–water partition coefficient (Wildman–Crippen LogP) is 2.94. The highest BCUT2D eigenvalue weighted by molar-refractivity contribution is 5.00. The Hall–Kier alpha value is -0.0400. The summed E-state index contributed by atoms with van der Waals surface area (Å²) in [6, 6.07) is 0. The Morgan fingerprint density at radius 2 is 1.46 bits per heavy atom. The smallest absolute Gasteiger partial charge is 0.00205 e. The van der Waals surface area contributed by atoms with Crippen LogP contribution in [0.2, 0.25) is 0 Å². The van der Waals surface area contributed by atoms with Gasteiger partial charge < -0.3 is 5.73 Å². The molecule has 76 valence electrons. The van der Waals surface area contributed by atoms with Crippen LogP contribution in [0.4, 0.5) is 0 Å². The fourth-order valence-corrected chi connectivity index (χ4v) is 3.46. The average molecular weight is 181 g/mol. The molecule has 3 saturated carbocycles. The van der Waals surface area contributed by atoms with Crippen LogP contribution in [-0.4, -0.2) is 6.54 Å². The highest BCUT2D eigenvalue weighted by Crippen LogP contribution is 2.59. The monoisotopic (exact) mass is 181 g/mol. The molecule has 2 bridgehead atoms. The van der Waals surface area contributed by atoms with Crippen LogP contribution in [0.1, 0.15) is 52.4 Å². The van der Waals surface area contributed by atoms with Crippen molar-refractivity contribution in [2.45, 2.75) is 52.4 Å². The second-order valence-electron chi connectivity index (χ2n) is 5.72. The SMILES string of the molecule is CC(C)C12CCC(CN)(CC1)CC2. The normalized spacial score (nSPS) is 44.3. The second kappa shape index (κ2) is 2.98. The molecule has 2 N–H and O–H groups in total. The molecule has 0 aromatic heterocycles. The minimum Gasteiger partial charge on any atom is -0.330 e. The molecule has 0 saturated heterocycles. The lowest BCUT2D eigenvalue weighted by molar-refractivity contribution is -0.0332. The summed E-state index contributed by atoms with van der Waals surface area (Å²) < 4.78 is 0. The molecular weight excluding hydrogens is 158 g/mol. The van der Waals surface area contributed by atoms with E-state index in [9.17, 15) is 0 Å². The summed E-state index contributed by atoms with van der Waals surface area (Å²) >= 11 is 0. The van der Waals surface area contributed by atoms with Gasteiger partial charge in [-0.05, 0) is 61.8 Å². The van der Waals surface area contributed by atoms with Gasteiger partial charge in [-0.1, -0.05) is 13.8 Å². The van der Waals surface area contributed by atoms with Crippen molar-refractivity contribution in [3.8, 4) is 0 Å². The molecule has 0 spiro atoms. The summed E-state index contributed by atoms with van der Waals surface area (Å²) in [5.41, 5.74) is 7.16. The Bertz CT molecular complexity index is 171. The van der Waals surface area contributed by atoms with Gasteiger partial charge in [-0.2, -0.15) is 0 Å². The van der Waals surface area contributed by atoms with Gasteiger partial charge >= 0.3 is 0 Å². The fraction of sp³-hybridized carbons (Fsp3) is 1.00. The van der Waals surface area contributed by atoms with Crippen LogP contribution in [-0.2, 0) is 0 Å². The second-order valence-corrected chi connectivity index (χ2v) is 5.72. The summed E-state index contributed by atoms with van der Waals surface area (Å²) in [6.45, 7) is 5.74. The van der Waals surface area contributed by atoms with Crippen LogP contribution in [0.25, 0.3) is 0 Å². The van der Waals surface area contributed by atoms with Crippen LogP contribution in [0, 0.1) is 16.7 Å². The van der Waals surface area contributed by atoms with Crippen molar-refractivity contribution < 1.29 is 0 Å². The van der Waals surface area contributed by atoms with Crippen molar-refractivity contribution >= 4 is 0 Å². The fourth-order valence-electron chi connectivity index (χ4n) is 3.46. The Morgan fingerprint density at radius 1 is 1.00 bits per heavy atom. The van der Waals surface area contributed by atoms with Gasteiger partial charge in [-0.15, -0.1) is 0 Å². The molecule has 0 heterocycles. The van der Waals surface area contributed by atoms with E-state index >= 15 is 0 Å². The van der Waals surface area contributed by atoms with E-state index in [1.165, 1.54) is 38.5 Å². The summed E-state index contributed by atoms with van der Waals surface area (Å²) in [7, 11) is 0. The van der Waals surface area contributed by atoms with Gasteiger partial charge in [0.2, 0.25) is 0 Å². The van der Waals surface area contributed by atoms with Gasteiger partial charge in [0.05, 0.1) is 0 Å². The Balaban J connectivity index is 2.11. The molecule has 0 radical (unpaired) electrons. The van der Waals surface area contributed by atoms with Gasteiger partial charge in [0.25, 0.3) is 0 Å². The van der Waals surface area contributed by atoms with Gasteiger partial charge in [0.1, 0.15) is 0 Å². The molecule has 3 aliphatic rings. The zero-order chi connectivity index (χ0) is 9.53. The number of hydrogen-bond acceptors (Lipinski definition) is 1. The van der Waals surface area contributed by atoms with Gasteiger partial charge in [-0.25, -0.2) is 0 Å². The van der Waals surface area contributed by atoms with Crippen molar-refractivity contribution in [2.75, 3.05) is 6.54 Å². The predicted molar refractivity (Wildman–Crippen MR) is 56.5 cm³/mol. The quantitative estimate of drug-likeness (QED) is 0.696. The van der Waals surface area contributed by atoms with Crippen LogP contribution in [0.3, 0.4) is 0 Å². The Morgan fingerprint density at radius 3 is 1.77 bits per heavy atom. The molecule has 0 atom stereocenters. The first-order valence-corrected chi connectivity index (χ1v) is 5.83. The van der Waals surface area contributed by atoms with Crippen molar-refractivity contribution in [1.82, 2.24) is 0 Å². The molecule has 13 heavy (non-hydrogen) atoms. The number of fused-ring (bicyclic) bond motifs is 3. The summed E-state index contributed by atoms with van der Waals surface area (Å²) in [4.78, 5) is 0. The van der Waals surface area contributed by atoms with Crippen molar-refractivity contribution in [3.05, 3.63) is 0 Å². The minimum absolute atomic E-state index is 0.566. The van der Waals surface area contributed by atoms with Crippen LogP contribution in [0.5, 0.6) is 0 Å². The van der Waals surface area contributed by atoms with Crippen molar-refractivity contribution in [2.24, 2.45) is 22.5 Å². The third-order valence-electron chi connectivity index (χ3n) is 5.12. The van der Waals surface area contributed by atoms with Crippen molar-refractivity contribution in [3.63, 3.8) is 0 Å². The lowest BCUT2D eigenvalue weighted by Gasteiger charge is -2.55. The lowest BCUT2D eigenvalue weighted by Crippen LogP contribution is -2.47. The molecule has 0 aromatic rings. The Labute approximate surface area is 82.1 Å². The van der Waals surface area contributed by atoms with E-state index in [0.29, 0.717) is 10.8 Å². The summed E-state index contributed by atoms with van der Waals surface area (Å²) in [5.74, 6) is 0.878. The zero-order valence-electron chi connectivity index (χ0n) is 9.10. The molecule has 0 aromatic carbocycles. The highest BCUT2D eigenvalue weighted by Gasteiger charge is 2.48. The van der Waals surface area contributed by atoms with E-state index in [-0.39, 0.29) is 0 Å². The zero-order valence-corrected chi connectivity index (χ0v) is 9.10. The maximum atomic E-state index is 5.89. The summed E-state index contributed by atoms with van der Waals surface area (Å²) in [5, 5.41) is 0. The third kappa shape index (κ3) is 1.32. The van der Waals surface area contributed by atoms with E-state index < -0.39 is 0 Å². The molecule has 3 aliphatic carbocycles. The highest BCUT2D eigenvalue weighted by atomic mass is 14.6. The molecule has 3 fully saturated rings. The number of hydrogen-bond donors (Lipinski definition) is 1. The topological polar surface area (TPSA) is 26.0 Å². The van der Waals surface area contributed by atoms with E-state index in [1.54, 1.807) is 0 Å². The van der Waals surface area contributed by atoms with E-state index in [2.05, 4.69) is 13.8 Å². The van der Waals surface area contributed by atoms with Gasteiger partial charge in [0, 0.05) is 0 Å². The molecule has 0 amide bonds. The van der Waals surface area contributed by atoms with Gasteiger partial charge in [0.15, 0.2) is 0 Å². The van der Waals surface area contributed by atoms with E-state index in [4.69, 9.17) is 5.73 Å². The number of rotatable bonds is 2. The molecule has 1 nitrogen and oxygen atoms in total. The van der Waals surface area contributed by atoms with E-state index in [1.807, 2.05) is 0 Å². The molecule has 3 rings (SSSR count). The Kier molecular flexibility index (Phi) is 2.18. The lowest BCUT2D eigenvalue weighted by atomic mass is 9.51. The van der Waals surface area contributed by atoms with Crippen LogP contribution >= 0.6 is 0 Å².